The second-order valence-corrected chi connectivity index (χ2v) is 6.46. The Kier molecular flexibility index (Phi) is 3.63. The van der Waals surface area contributed by atoms with Crippen molar-refractivity contribution in [1.82, 2.24) is 4.31 Å². The standard InChI is InChI=1S/C10H13BrN2O2S/c11-9-3-1-2-4-10(9)16(14,15)13-7-5-12-6-8-13/h1-4,12H,5-8H2/p+1. The number of quaternary nitrogens is 1. The van der Waals surface area contributed by atoms with Crippen LogP contribution in [0.5, 0.6) is 0 Å². The molecule has 2 N–H and O–H groups in total. The number of hydrogen-bond acceptors (Lipinski definition) is 2. The summed E-state index contributed by atoms with van der Waals surface area (Å²) in [5.41, 5.74) is 0. The first kappa shape index (κ1) is 12.0. The summed E-state index contributed by atoms with van der Waals surface area (Å²) in [5.74, 6) is 0. The smallest absolute Gasteiger partial charge is 0.244 e. The molecule has 88 valence electrons. The number of nitrogens with zero attached hydrogens (tertiary/aromatic N) is 1. The number of hydrogen-bond donors (Lipinski definition) is 1. The van der Waals surface area contributed by atoms with E-state index in [-0.39, 0.29) is 0 Å². The molecule has 0 unspecified atom stereocenters. The van der Waals surface area contributed by atoms with Gasteiger partial charge in [-0.05, 0) is 28.1 Å². The maximum atomic E-state index is 12.3. The van der Waals surface area contributed by atoms with Gasteiger partial charge in [0.15, 0.2) is 0 Å². The molecule has 1 saturated heterocycles. The molecule has 1 aliphatic heterocycles. The van der Waals surface area contributed by atoms with Crippen LogP contribution >= 0.6 is 15.9 Å². The highest BCUT2D eigenvalue weighted by Gasteiger charge is 2.28. The van der Waals surface area contributed by atoms with Crippen molar-refractivity contribution in [3.8, 4) is 0 Å². The van der Waals surface area contributed by atoms with Gasteiger partial charge in [-0.15, -0.1) is 0 Å². The molecule has 1 fully saturated rings. The van der Waals surface area contributed by atoms with Crippen molar-refractivity contribution in [2.45, 2.75) is 4.90 Å². The molecule has 0 radical (unpaired) electrons. The van der Waals surface area contributed by atoms with E-state index in [2.05, 4.69) is 21.2 Å². The Morgan fingerprint density at radius 3 is 2.44 bits per heavy atom. The lowest BCUT2D eigenvalue weighted by Crippen LogP contribution is -2.89. The van der Waals surface area contributed by atoms with Crippen molar-refractivity contribution in [2.24, 2.45) is 0 Å². The normalized spacial score (nSPS) is 18.6. The molecule has 4 nitrogen and oxygen atoms in total. The third kappa shape index (κ3) is 2.29. The Balaban J connectivity index is 2.35. The zero-order chi connectivity index (χ0) is 11.6. The first-order chi connectivity index (χ1) is 7.62. The first-order valence-corrected chi connectivity index (χ1v) is 7.42. The van der Waals surface area contributed by atoms with Crippen LogP contribution in [0.15, 0.2) is 33.6 Å². The van der Waals surface area contributed by atoms with E-state index in [0.29, 0.717) is 22.5 Å². The van der Waals surface area contributed by atoms with Gasteiger partial charge < -0.3 is 5.32 Å². The molecule has 2 rings (SSSR count). The molecular weight excluding hydrogens is 292 g/mol. The molecule has 1 aliphatic rings. The lowest BCUT2D eigenvalue weighted by molar-refractivity contribution is -0.661. The Labute approximate surface area is 104 Å². The quantitative estimate of drug-likeness (QED) is 0.837. The number of nitrogens with two attached hydrogens (primary N) is 1. The Bertz CT molecular complexity index is 469. The van der Waals surface area contributed by atoms with E-state index in [0.717, 1.165) is 13.1 Å². The molecule has 1 aromatic rings. The fourth-order valence-electron chi connectivity index (χ4n) is 1.76. The summed E-state index contributed by atoms with van der Waals surface area (Å²) in [6.45, 7) is 2.85. The Hall–Kier alpha value is -0.430. The van der Waals surface area contributed by atoms with Crippen LogP contribution < -0.4 is 5.32 Å². The second-order valence-electron chi connectivity index (χ2n) is 3.70. The van der Waals surface area contributed by atoms with Crippen LogP contribution in [-0.2, 0) is 10.0 Å². The minimum Gasteiger partial charge on any atom is -0.344 e. The fraction of sp³-hybridized carbons (Fsp3) is 0.400. The number of piperazine rings is 1. The number of sulfonamides is 1. The summed E-state index contributed by atoms with van der Waals surface area (Å²) >= 11 is 3.29. The van der Waals surface area contributed by atoms with Crippen molar-refractivity contribution in [3.63, 3.8) is 0 Å². The summed E-state index contributed by atoms with van der Waals surface area (Å²) in [6, 6.07) is 6.95. The number of halogens is 1. The van der Waals surface area contributed by atoms with E-state index in [1.807, 2.05) is 6.07 Å². The molecule has 0 spiro atoms. The topological polar surface area (TPSA) is 54.0 Å². The molecule has 1 aromatic carbocycles. The van der Waals surface area contributed by atoms with E-state index in [4.69, 9.17) is 0 Å². The van der Waals surface area contributed by atoms with Crippen molar-refractivity contribution in [3.05, 3.63) is 28.7 Å². The zero-order valence-electron chi connectivity index (χ0n) is 8.77. The lowest BCUT2D eigenvalue weighted by atomic mass is 10.4. The third-order valence-corrected chi connectivity index (χ3v) is 5.53. The summed E-state index contributed by atoms with van der Waals surface area (Å²) in [4.78, 5) is 0.358. The highest BCUT2D eigenvalue weighted by Crippen LogP contribution is 2.24. The highest BCUT2D eigenvalue weighted by atomic mass is 79.9. The second kappa shape index (κ2) is 4.83. The molecule has 0 bridgehead atoms. The summed E-state index contributed by atoms with van der Waals surface area (Å²) in [6.07, 6.45) is 0. The molecule has 0 amide bonds. The Morgan fingerprint density at radius 1 is 1.19 bits per heavy atom. The SMILES string of the molecule is O=S(=O)(c1ccccc1Br)N1CC[NH2+]CC1. The predicted molar refractivity (Wildman–Crippen MR) is 64.6 cm³/mol. The molecular formula is C10H14BrN2O2S+. The van der Waals surface area contributed by atoms with Gasteiger partial charge in [-0.2, -0.15) is 4.31 Å². The molecule has 0 atom stereocenters. The third-order valence-electron chi connectivity index (χ3n) is 2.62. The van der Waals surface area contributed by atoms with Gasteiger partial charge in [-0.3, -0.25) is 0 Å². The minimum atomic E-state index is -3.33. The summed E-state index contributed by atoms with van der Waals surface area (Å²) < 4.78 is 26.8. The van der Waals surface area contributed by atoms with Crippen molar-refractivity contribution in [1.29, 1.82) is 0 Å². The van der Waals surface area contributed by atoms with Crippen LogP contribution in [0.25, 0.3) is 0 Å². The highest BCUT2D eigenvalue weighted by molar-refractivity contribution is 9.10. The molecule has 0 saturated carbocycles. The van der Waals surface area contributed by atoms with Crippen molar-refractivity contribution < 1.29 is 13.7 Å². The van der Waals surface area contributed by atoms with Gasteiger partial charge in [-0.25, -0.2) is 8.42 Å². The van der Waals surface area contributed by atoms with Gasteiger partial charge in [0.25, 0.3) is 0 Å². The van der Waals surface area contributed by atoms with E-state index in [9.17, 15) is 8.42 Å². The van der Waals surface area contributed by atoms with Gasteiger partial charge in [0, 0.05) is 4.47 Å². The predicted octanol–water partition coefficient (Wildman–Crippen LogP) is 0.0168. The van der Waals surface area contributed by atoms with Gasteiger partial charge in [-0.1, -0.05) is 12.1 Å². The van der Waals surface area contributed by atoms with Gasteiger partial charge in [0.05, 0.1) is 31.1 Å². The van der Waals surface area contributed by atoms with Gasteiger partial charge >= 0.3 is 0 Å². The maximum absolute atomic E-state index is 12.3. The van der Waals surface area contributed by atoms with E-state index >= 15 is 0 Å². The summed E-state index contributed by atoms with van der Waals surface area (Å²) in [5, 5.41) is 2.13. The largest absolute Gasteiger partial charge is 0.344 e. The van der Waals surface area contributed by atoms with E-state index in [1.54, 1.807) is 22.5 Å². The van der Waals surface area contributed by atoms with Gasteiger partial charge in [0.1, 0.15) is 0 Å². The maximum Gasteiger partial charge on any atom is 0.244 e. The van der Waals surface area contributed by atoms with Gasteiger partial charge in [0.2, 0.25) is 10.0 Å². The average molecular weight is 306 g/mol. The minimum absolute atomic E-state index is 0.358. The van der Waals surface area contributed by atoms with Crippen LogP contribution in [0.3, 0.4) is 0 Å². The van der Waals surface area contributed by atoms with E-state index < -0.39 is 10.0 Å². The average Bonchev–Trinajstić information content (AvgIpc) is 2.30. The zero-order valence-corrected chi connectivity index (χ0v) is 11.2. The van der Waals surface area contributed by atoms with Crippen molar-refractivity contribution in [2.75, 3.05) is 26.2 Å². The van der Waals surface area contributed by atoms with E-state index in [1.165, 1.54) is 0 Å². The number of rotatable bonds is 2. The van der Waals surface area contributed by atoms with Crippen LogP contribution in [0.4, 0.5) is 0 Å². The van der Waals surface area contributed by atoms with Crippen molar-refractivity contribution >= 4 is 26.0 Å². The van der Waals surface area contributed by atoms with Crippen LogP contribution in [0.2, 0.25) is 0 Å². The molecule has 16 heavy (non-hydrogen) atoms. The summed E-state index contributed by atoms with van der Waals surface area (Å²) in [7, 11) is -3.33. The van der Waals surface area contributed by atoms with Crippen LogP contribution in [-0.4, -0.2) is 38.9 Å². The molecule has 6 heteroatoms. The number of benzene rings is 1. The monoisotopic (exact) mass is 305 g/mol. The molecule has 0 aliphatic carbocycles. The Morgan fingerprint density at radius 2 is 1.81 bits per heavy atom. The molecule has 0 aromatic heterocycles. The van der Waals surface area contributed by atoms with Crippen LogP contribution in [0.1, 0.15) is 0 Å². The lowest BCUT2D eigenvalue weighted by Gasteiger charge is -2.24. The fourth-order valence-corrected chi connectivity index (χ4v) is 4.19. The molecule has 1 heterocycles. The van der Waals surface area contributed by atoms with Crippen LogP contribution in [0, 0.1) is 0 Å². The first-order valence-electron chi connectivity index (χ1n) is 5.19.